The van der Waals surface area contributed by atoms with Gasteiger partial charge in [0.25, 0.3) is 0 Å². The van der Waals surface area contributed by atoms with Crippen molar-refractivity contribution in [2.24, 2.45) is 0 Å². The molecule has 0 fully saturated rings. The van der Waals surface area contributed by atoms with E-state index in [0.29, 0.717) is 6.54 Å². The second kappa shape index (κ2) is 8.69. The maximum Gasteiger partial charge on any atom is 0.234 e. The van der Waals surface area contributed by atoms with Crippen molar-refractivity contribution in [3.8, 4) is 5.75 Å². The molecule has 0 saturated heterocycles. The third-order valence-corrected chi connectivity index (χ3v) is 5.57. The van der Waals surface area contributed by atoms with Gasteiger partial charge in [-0.1, -0.05) is 30.3 Å². The molecule has 1 aliphatic carbocycles. The van der Waals surface area contributed by atoms with E-state index in [1.807, 2.05) is 24.3 Å². The summed E-state index contributed by atoms with van der Waals surface area (Å²) in [6.45, 7) is 2.35. The van der Waals surface area contributed by atoms with Crippen molar-refractivity contribution < 1.29 is 9.53 Å². The van der Waals surface area contributed by atoms with E-state index in [4.69, 9.17) is 4.74 Å². The summed E-state index contributed by atoms with van der Waals surface area (Å²) in [6, 6.07) is 14.6. The molecule has 0 saturated carbocycles. The standard InChI is InChI=1S/C21H25BrN2O2/c1-14(16-10-11-20(26-2)18(22)12-16)23-13-21(25)24-19-9-5-7-15-6-3-4-8-17(15)19/h3-4,6,8,10-12,14,19,23H,5,7,9,13H2,1-2H3,(H,24,25)/t14-,19+/m0/s1. The smallest absolute Gasteiger partial charge is 0.234 e. The van der Waals surface area contributed by atoms with Crippen LogP contribution < -0.4 is 15.4 Å². The number of hydrogen-bond donors (Lipinski definition) is 2. The first-order valence-corrected chi connectivity index (χ1v) is 9.81. The third-order valence-electron chi connectivity index (χ3n) is 4.95. The zero-order chi connectivity index (χ0) is 18.5. The molecule has 1 amide bonds. The third kappa shape index (κ3) is 4.46. The molecule has 26 heavy (non-hydrogen) atoms. The zero-order valence-corrected chi connectivity index (χ0v) is 16.8. The lowest BCUT2D eigenvalue weighted by molar-refractivity contribution is -0.121. The summed E-state index contributed by atoms with van der Waals surface area (Å²) in [7, 11) is 1.65. The van der Waals surface area contributed by atoms with Gasteiger partial charge in [-0.2, -0.15) is 0 Å². The molecule has 2 aromatic rings. The molecule has 3 rings (SSSR count). The lowest BCUT2D eigenvalue weighted by Crippen LogP contribution is -2.38. The summed E-state index contributed by atoms with van der Waals surface area (Å²) in [5, 5.41) is 6.48. The summed E-state index contributed by atoms with van der Waals surface area (Å²) in [5.74, 6) is 0.834. The molecule has 2 N–H and O–H groups in total. The predicted octanol–water partition coefficient (Wildman–Crippen LogP) is 4.30. The Hall–Kier alpha value is -1.85. The second-order valence-electron chi connectivity index (χ2n) is 6.71. The molecule has 138 valence electrons. The van der Waals surface area contributed by atoms with Crippen molar-refractivity contribution in [3.63, 3.8) is 0 Å². The highest BCUT2D eigenvalue weighted by Gasteiger charge is 2.21. The minimum Gasteiger partial charge on any atom is -0.496 e. The van der Waals surface area contributed by atoms with Crippen LogP contribution in [0.2, 0.25) is 0 Å². The number of ether oxygens (including phenoxy) is 1. The number of halogens is 1. The number of hydrogen-bond acceptors (Lipinski definition) is 3. The SMILES string of the molecule is COc1ccc([C@H](C)NCC(=O)N[C@@H]2CCCc3ccccc32)cc1Br. The van der Waals surface area contributed by atoms with Crippen LogP contribution >= 0.6 is 15.9 Å². The Bertz CT molecular complexity index is 778. The van der Waals surface area contributed by atoms with Crippen LogP contribution in [0.15, 0.2) is 46.9 Å². The molecular weight excluding hydrogens is 392 g/mol. The number of methoxy groups -OCH3 is 1. The van der Waals surface area contributed by atoms with Crippen LogP contribution in [0, 0.1) is 0 Å². The van der Waals surface area contributed by atoms with E-state index in [1.165, 1.54) is 11.1 Å². The number of carbonyl (C=O) groups excluding carboxylic acids is 1. The molecule has 0 radical (unpaired) electrons. The minimum absolute atomic E-state index is 0.0335. The van der Waals surface area contributed by atoms with Crippen molar-refractivity contribution in [2.75, 3.05) is 13.7 Å². The summed E-state index contributed by atoms with van der Waals surface area (Å²) in [4.78, 5) is 12.4. The number of fused-ring (bicyclic) bond motifs is 1. The highest BCUT2D eigenvalue weighted by molar-refractivity contribution is 9.10. The molecule has 2 aromatic carbocycles. The summed E-state index contributed by atoms with van der Waals surface area (Å²) in [6.07, 6.45) is 3.22. The topological polar surface area (TPSA) is 50.4 Å². The molecule has 0 aliphatic heterocycles. The van der Waals surface area contributed by atoms with E-state index < -0.39 is 0 Å². The van der Waals surface area contributed by atoms with E-state index in [0.717, 1.165) is 35.0 Å². The normalized spacial score (nSPS) is 17.3. The predicted molar refractivity (Wildman–Crippen MR) is 107 cm³/mol. The first-order valence-electron chi connectivity index (χ1n) is 9.02. The molecule has 0 bridgehead atoms. The van der Waals surface area contributed by atoms with Crippen LogP contribution in [-0.4, -0.2) is 19.6 Å². The number of aryl methyl sites for hydroxylation is 1. The Kier molecular flexibility index (Phi) is 6.33. The monoisotopic (exact) mass is 416 g/mol. The molecule has 0 heterocycles. The molecule has 1 aliphatic rings. The van der Waals surface area contributed by atoms with E-state index in [9.17, 15) is 4.79 Å². The largest absolute Gasteiger partial charge is 0.496 e. The number of rotatable bonds is 6. The van der Waals surface area contributed by atoms with Gasteiger partial charge in [-0.15, -0.1) is 0 Å². The average Bonchev–Trinajstić information content (AvgIpc) is 2.66. The van der Waals surface area contributed by atoms with Crippen LogP contribution in [0.25, 0.3) is 0 Å². The zero-order valence-electron chi connectivity index (χ0n) is 15.2. The summed E-state index contributed by atoms with van der Waals surface area (Å²) < 4.78 is 6.17. The fourth-order valence-corrected chi connectivity index (χ4v) is 4.02. The van der Waals surface area contributed by atoms with Gasteiger partial charge >= 0.3 is 0 Å². The Balaban J connectivity index is 1.55. The van der Waals surface area contributed by atoms with Crippen LogP contribution in [0.1, 0.15) is 48.5 Å². The van der Waals surface area contributed by atoms with E-state index in [2.05, 4.69) is 51.7 Å². The molecule has 5 heteroatoms. The highest BCUT2D eigenvalue weighted by Crippen LogP contribution is 2.30. The first-order chi connectivity index (χ1) is 12.6. The molecule has 0 spiro atoms. The van der Waals surface area contributed by atoms with Gasteiger partial charge in [0.15, 0.2) is 0 Å². The van der Waals surface area contributed by atoms with Gasteiger partial charge in [0.2, 0.25) is 5.91 Å². The van der Waals surface area contributed by atoms with Gasteiger partial charge in [-0.3, -0.25) is 4.79 Å². The fourth-order valence-electron chi connectivity index (χ4n) is 3.46. The van der Waals surface area contributed by atoms with Crippen molar-refractivity contribution in [3.05, 3.63) is 63.6 Å². The summed E-state index contributed by atoms with van der Waals surface area (Å²) >= 11 is 3.50. The number of benzene rings is 2. The lowest BCUT2D eigenvalue weighted by atomic mass is 9.88. The van der Waals surface area contributed by atoms with Gasteiger partial charge in [-0.25, -0.2) is 0 Å². The van der Waals surface area contributed by atoms with Crippen molar-refractivity contribution in [1.82, 2.24) is 10.6 Å². The van der Waals surface area contributed by atoms with Gasteiger partial charge in [0.05, 0.1) is 24.2 Å². The minimum atomic E-state index is 0.0335. The van der Waals surface area contributed by atoms with E-state index in [-0.39, 0.29) is 18.0 Å². The van der Waals surface area contributed by atoms with E-state index >= 15 is 0 Å². The quantitative estimate of drug-likeness (QED) is 0.737. The molecule has 0 unspecified atom stereocenters. The maximum atomic E-state index is 12.4. The van der Waals surface area contributed by atoms with Gasteiger partial charge in [0.1, 0.15) is 5.75 Å². The second-order valence-corrected chi connectivity index (χ2v) is 7.56. The van der Waals surface area contributed by atoms with Crippen molar-refractivity contribution in [2.45, 2.75) is 38.3 Å². The lowest BCUT2D eigenvalue weighted by Gasteiger charge is -2.26. The van der Waals surface area contributed by atoms with Crippen LogP contribution in [0.5, 0.6) is 5.75 Å². The van der Waals surface area contributed by atoms with Crippen molar-refractivity contribution >= 4 is 21.8 Å². The van der Waals surface area contributed by atoms with Gasteiger partial charge in [0, 0.05) is 6.04 Å². The Labute approximate surface area is 163 Å². The number of amides is 1. The Morgan fingerprint density at radius 2 is 2.12 bits per heavy atom. The molecule has 2 atom stereocenters. The highest BCUT2D eigenvalue weighted by atomic mass is 79.9. The van der Waals surface area contributed by atoms with E-state index in [1.54, 1.807) is 7.11 Å². The molecule has 0 aromatic heterocycles. The maximum absolute atomic E-state index is 12.4. The van der Waals surface area contributed by atoms with Gasteiger partial charge < -0.3 is 15.4 Å². The number of carbonyl (C=O) groups is 1. The summed E-state index contributed by atoms with van der Waals surface area (Å²) in [5.41, 5.74) is 3.72. The Morgan fingerprint density at radius 3 is 2.88 bits per heavy atom. The van der Waals surface area contributed by atoms with Crippen molar-refractivity contribution in [1.29, 1.82) is 0 Å². The number of nitrogens with one attached hydrogen (secondary N) is 2. The van der Waals surface area contributed by atoms with Crippen LogP contribution in [0.3, 0.4) is 0 Å². The average molecular weight is 417 g/mol. The van der Waals surface area contributed by atoms with Crippen LogP contribution in [0.4, 0.5) is 0 Å². The Morgan fingerprint density at radius 1 is 1.31 bits per heavy atom. The van der Waals surface area contributed by atoms with Crippen LogP contribution in [-0.2, 0) is 11.2 Å². The molecular formula is C21H25BrN2O2. The molecule has 4 nitrogen and oxygen atoms in total. The first kappa shape index (κ1) is 18.9. The fraction of sp³-hybridized carbons (Fsp3) is 0.381. The van der Waals surface area contributed by atoms with Gasteiger partial charge in [-0.05, 0) is 70.9 Å².